The molecule has 0 bridgehead atoms. The molecule has 1 fully saturated rings. The van der Waals surface area contributed by atoms with Crippen molar-refractivity contribution in [3.8, 4) is 0 Å². The summed E-state index contributed by atoms with van der Waals surface area (Å²) < 4.78 is 5.32. The van der Waals surface area contributed by atoms with Crippen LogP contribution in [-0.4, -0.2) is 37.3 Å². The first-order valence-corrected chi connectivity index (χ1v) is 6.61. The SMILES string of the molecule is CCC(=O)Nc1ccc(N2CCOCC2)c(CO)c1. The van der Waals surface area contributed by atoms with Gasteiger partial charge in [-0.1, -0.05) is 6.92 Å². The lowest BCUT2D eigenvalue weighted by Gasteiger charge is -2.30. The Bertz CT molecular complexity index is 442. The number of nitrogens with zero attached hydrogens (tertiary/aromatic N) is 1. The number of hydrogen-bond donors (Lipinski definition) is 2. The number of hydrogen-bond acceptors (Lipinski definition) is 4. The minimum atomic E-state index is -0.0392. The van der Waals surface area contributed by atoms with E-state index < -0.39 is 0 Å². The molecule has 0 radical (unpaired) electrons. The van der Waals surface area contributed by atoms with Crippen LogP contribution in [0.5, 0.6) is 0 Å². The van der Waals surface area contributed by atoms with Crippen molar-refractivity contribution in [3.05, 3.63) is 23.8 Å². The second kappa shape index (κ2) is 6.54. The van der Waals surface area contributed by atoms with Crippen molar-refractivity contribution in [2.45, 2.75) is 20.0 Å². The summed E-state index contributed by atoms with van der Waals surface area (Å²) in [6.07, 6.45) is 0.444. The van der Waals surface area contributed by atoms with Crippen LogP contribution in [-0.2, 0) is 16.1 Å². The number of rotatable bonds is 4. The van der Waals surface area contributed by atoms with Crippen LogP contribution >= 0.6 is 0 Å². The zero-order valence-corrected chi connectivity index (χ0v) is 11.2. The predicted octanol–water partition coefficient (Wildman–Crippen LogP) is 1.36. The predicted molar refractivity (Wildman–Crippen MR) is 74.3 cm³/mol. The first-order valence-electron chi connectivity index (χ1n) is 6.61. The summed E-state index contributed by atoms with van der Waals surface area (Å²) in [7, 11) is 0. The zero-order chi connectivity index (χ0) is 13.7. The highest BCUT2D eigenvalue weighted by Crippen LogP contribution is 2.25. The van der Waals surface area contributed by atoms with Crippen molar-refractivity contribution in [1.29, 1.82) is 0 Å². The lowest BCUT2D eigenvalue weighted by atomic mass is 10.1. The molecule has 19 heavy (non-hydrogen) atoms. The van der Waals surface area contributed by atoms with Crippen LogP contribution in [0.2, 0.25) is 0 Å². The number of ether oxygens (including phenoxy) is 1. The van der Waals surface area contributed by atoms with Gasteiger partial charge in [-0.3, -0.25) is 4.79 Å². The van der Waals surface area contributed by atoms with Crippen molar-refractivity contribution in [3.63, 3.8) is 0 Å². The summed E-state index contributed by atoms with van der Waals surface area (Å²) >= 11 is 0. The number of morpholine rings is 1. The highest BCUT2D eigenvalue weighted by atomic mass is 16.5. The third-order valence-corrected chi connectivity index (χ3v) is 3.21. The molecule has 0 unspecified atom stereocenters. The molecule has 1 aliphatic rings. The number of benzene rings is 1. The number of amides is 1. The molecule has 1 heterocycles. The minimum Gasteiger partial charge on any atom is -0.392 e. The van der Waals surface area contributed by atoms with Crippen LogP contribution < -0.4 is 10.2 Å². The van der Waals surface area contributed by atoms with Crippen molar-refractivity contribution in [2.75, 3.05) is 36.5 Å². The van der Waals surface area contributed by atoms with Crippen LogP contribution in [0, 0.1) is 0 Å². The van der Waals surface area contributed by atoms with Gasteiger partial charge in [0.05, 0.1) is 19.8 Å². The van der Waals surface area contributed by atoms with E-state index in [-0.39, 0.29) is 12.5 Å². The Hall–Kier alpha value is -1.59. The Morgan fingerprint density at radius 3 is 2.79 bits per heavy atom. The first kappa shape index (κ1) is 13.8. The lowest BCUT2D eigenvalue weighted by Crippen LogP contribution is -2.36. The van der Waals surface area contributed by atoms with Crippen molar-refractivity contribution < 1.29 is 14.6 Å². The van der Waals surface area contributed by atoms with Crippen molar-refractivity contribution >= 4 is 17.3 Å². The van der Waals surface area contributed by atoms with E-state index in [0.717, 1.165) is 30.0 Å². The molecule has 1 saturated heterocycles. The molecule has 0 spiro atoms. The van der Waals surface area contributed by atoms with Gasteiger partial charge in [-0.15, -0.1) is 0 Å². The Balaban J connectivity index is 2.18. The monoisotopic (exact) mass is 264 g/mol. The molecular formula is C14H20N2O3. The Labute approximate surface area is 113 Å². The maximum absolute atomic E-state index is 11.4. The normalized spacial score (nSPS) is 15.4. The quantitative estimate of drug-likeness (QED) is 0.862. The fourth-order valence-electron chi connectivity index (χ4n) is 2.15. The lowest BCUT2D eigenvalue weighted by molar-refractivity contribution is -0.115. The van der Waals surface area contributed by atoms with Crippen molar-refractivity contribution in [1.82, 2.24) is 0 Å². The molecule has 0 aromatic heterocycles. The summed E-state index contributed by atoms with van der Waals surface area (Å²) in [5.74, 6) is -0.0250. The van der Waals surface area contributed by atoms with Gasteiger partial charge in [-0.25, -0.2) is 0 Å². The molecule has 2 N–H and O–H groups in total. The Kier molecular flexibility index (Phi) is 4.76. The van der Waals surface area contributed by atoms with E-state index in [1.54, 1.807) is 0 Å². The van der Waals surface area contributed by atoms with Gasteiger partial charge in [-0.05, 0) is 18.2 Å². The number of anilines is 2. The van der Waals surface area contributed by atoms with Gasteiger partial charge >= 0.3 is 0 Å². The number of carbonyl (C=O) groups is 1. The van der Waals surface area contributed by atoms with Gasteiger partial charge in [0.25, 0.3) is 0 Å². The molecule has 1 aromatic carbocycles. The second-order valence-electron chi connectivity index (χ2n) is 4.50. The molecule has 0 saturated carbocycles. The average Bonchev–Trinajstić information content (AvgIpc) is 2.47. The number of nitrogens with one attached hydrogen (secondary N) is 1. The number of carbonyl (C=O) groups excluding carboxylic acids is 1. The highest BCUT2D eigenvalue weighted by Gasteiger charge is 2.15. The fraction of sp³-hybridized carbons (Fsp3) is 0.500. The standard InChI is InChI=1S/C14H20N2O3/c1-2-14(18)15-12-3-4-13(11(9-12)10-17)16-5-7-19-8-6-16/h3-4,9,17H,2,5-8,10H2,1H3,(H,15,18). The molecule has 5 nitrogen and oxygen atoms in total. The van der Waals surface area contributed by atoms with E-state index in [9.17, 15) is 9.90 Å². The van der Waals surface area contributed by atoms with Crippen LogP contribution in [0.4, 0.5) is 11.4 Å². The minimum absolute atomic E-state index is 0.0250. The zero-order valence-electron chi connectivity index (χ0n) is 11.2. The molecule has 2 rings (SSSR count). The highest BCUT2D eigenvalue weighted by molar-refractivity contribution is 5.90. The summed E-state index contributed by atoms with van der Waals surface area (Å²) in [6.45, 7) is 4.84. The molecule has 1 amide bonds. The van der Waals surface area contributed by atoms with Gasteiger partial charge in [0.15, 0.2) is 0 Å². The Morgan fingerprint density at radius 2 is 2.16 bits per heavy atom. The van der Waals surface area contributed by atoms with Gasteiger partial charge in [-0.2, -0.15) is 0 Å². The van der Waals surface area contributed by atoms with Crippen LogP contribution in [0.15, 0.2) is 18.2 Å². The first-order chi connectivity index (χ1) is 9.24. The van der Waals surface area contributed by atoms with Crippen LogP contribution in [0.1, 0.15) is 18.9 Å². The maximum Gasteiger partial charge on any atom is 0.224 e. The Morgan fingerprint density at radius 1 is 1.42 bits per heavy atom. The molecule has 5 heteroatoms. The second-order valence-corrected chi connectivity index (χ2v) is 4.50. The maximum atomic E-state index is 11.4. The van der Waals surface area contributed by atoms with Crippen LogP contribution in [0.25, 0.3) is 0 Å². The van der Waals surface area contributed by atoms with E-state index in [1.807, 2.05) is 25.1 Å². The van der Waals surface area contributed by atoms with Gasteiger partial charge < -0.3 is 20.1 Å². The van der Waals surface area contributed by atoms with Gasteiger partial charge in [0.1, 0.15) is 0 Å². The molecule has 0 atom stereocenters. The number of aliphatic hydroxyl groups is 1. The van der Waals surface area contributed by atoms with E-state index >= 15 is 0 Å². The van der Waals surface area contributed by atoms with Crippen LogP contribution in [0.3, 0.4) is 0 Å². The van der Waals surface area contributed by atoms with Crippen molar-refractivity contribution in [2.24, 2.45) is 0 Å². The van der Waals surface area contributed by atoms with E-state index in [4.69, 9.17) is 4.74 Å². The van der Waals surface area contributed by atoms with E-state index in [1.165, 1.54) is 0 Å². The summed E-state index contributed by atoms with van der Waals surface area (Å²) in [5.41, 5.74) is 2.57. The number of aliphatic hydroxyl groups excluding tert-OH is 1. The smallest absolute Gasteiger partial charge is 0.224 e. The fourth-order valence-corrected chi connectivity index (χ4v) is 2.15. The molecule has 1 aromatic rings. The molecular weight excluding hydrogens is 244 g/mol. The topological polar surface area (TPSA) is 61.8 Å². The summed E-state index contributed by atoms with van der Waals surface area (Å²) in [5, 5.41) is 12.3. The summed E-state index contributed by atoms with van der Waals surface area (Å²) in [4.78, 5) is 13.6. The third kappa shape index (κ3) is 3.45. The summed E-state index contributed by atoms with van der Waals surface area (Å²) in [6, 6.07) is 5.65. The largest absolute Gasteiger partial charge is 0.392 e. The van der Waals surface area contributed by atoms with E-state index in [2.05, 4.69) is 10.2 Å². The van der Waals surface area contributed by atoms with E-state index in [0.29, 0.717) is 19.6 Å². The third-order valence-electron chi connectivity index (χ3n) is 3.21. The van der Waals surface area contributed by atoms with Gasteiger partial charge in [0, 0.05) is 36.4 Å². The average molecular weight is 264 g/mol. The molecule has 0 aliphatic carbocycles. The van der Waals surface area contributed by atoms with Gasteiger partial charge in [0.2, 0.25) is 5.91 Å². The molecule has 1 aliphatic heterocycles. The molecule has 104 valence electrons.